The largest absolute Gasteiger partial charge is 0.496 e. The molecule has 0 aromatic heterocycles. The van der Waals surface area contributed by atoms with Crippen molar-refractivity contribution < 1.29 is 4.74 Å². The van der Waals surface area contributed by atoms with Crippen molar-refractivity contribution in [3.05, 3.63) is 29.3 Å². The molecule has 2 heteroatoms. The quantitative estimate of drug-likeness (QED) is 0.867. The van der Waals surface area contributed by atoms with Gasteiger partial charge in [0.1, 0.15) is 5.75 Å². The van der Waals surface area contributed by atoms with Gasteiger partial charge in [-0.2, -0.15) is 0 Å². The van der Waals surface area contributed by atoms with E-state index < -0.39 is 0 Å². The van der Waals surface area contributed by atoms with Gasteiger partial charge in [-0.15, -0.1) is 0 Å². The Balaban J connectivity index is 3.07. The molecular weight excluding hydrogens is 210 g/mol. The van der Waals surface area contributed by atoms with Crippen LogP contribution in [0.15, 0.2) is 18.2 Å². The zero-order valence-corrected chi connectivity index (χ0v) is 11.7. The molecule has 0 saturated carbocycles. The minimum absolute atomic E-state index is 0.237. The van der Waals surface area contributed by atoms with Crippen LogP contribution in [0.1, 0.15) is 44.2 Å². The van der Waals surface area contributed by atoms with Gasteiger partial charge in [-0.3, -0.25) is 0 Å². The third kappa shape index (κ3) is 3.47. The van der Waals surface area contributed by atoms with Crippen molar-refractivity contribution in [3.8, 4) is 5.75 Å². The molecule has 1 aromatic carbocycles. The molecule has 1 atom stereocenters. The smallest absolute Gasteiger partial charge is 0.121 e. The van der Waals surface area contributed by atoms with Gasteiger partial charge in [0.25, 0.3) is 0 Å². The van der Waals surface area contributed by atoms with Gasteiger partial charge < -0.3 is 10.5 Å². The summed E-state index contributed by atoms with van der Waals surface area (Å²) in [5.41, 5.74) is 8.52. The van der Waals surface area contributed by atoms with E-state index in [-0.39, 0.29) is 5.41 Å². The molecule has 0 bridgehead atoms. The lowest BCUT2D eigenvalue weighted by Crippen LogP contribution is -2.21. The molecule has 1 rings (SSSR count). The first-order valence-electron chi connectivity index (χ1n) is 6.24. The Labute approximate surface area is 105 Å². The van der Waals surface area contributed by atoms with Crippen LogP contribution in [0.25, 0.3) is 0 Å². The van der Waals surface area contributed by atoms with Crippen molar-refractivity contribution in [2.45, 2.75) is 40.0 Å². The molecule has 2 nitrogen and oxygen atoms in total. The third-order valence-electron chi connectivity index (χ3n) is 3.32. The number of hydrogen-bond donors (Lipinski definition) is 1. The van der Waals surface area contributed by atoms with E-state index in [1.54, 1.807) is 7.11 Å². The van der Waals surface area contributed by atoms with Crippen molar-refractivity contribution in [1.82, 2.24) is 0 Å². The van der Waals surface area contributed by atoms with E-state index in [0.717, 1.165) is 18.7 Å². The second kappa shape index (κ2) is 5.54. The van der Waals surface area contributed by atoms with E-state index in [1.165, 1.54) is 11.1 Å². The molecule has 96 valence electrons. The first-order chi connectivity index (χ1) is 7.90. The fraction of sp³-hybridized carbons (Fsp3) is 0.600. The van der Waals surface area contributed by atoms with Crippen LogP contribution in [0, 0.1) is 12.3 Å². The molecule has 1 aromatic rings. The summed E-state index contributed by atoms with van der Waals surface area (Å²) in [6, 6.07) is 6.45. The van der Waals surface area contributed by atoms with E-state index in [2.05, 4.69) is 45.9 Å². The van der Waals surface area contributed by atoms with Crippen LogP contribution in [0.4, 0.5) is 0 Å². The van der Waals surface area contributed by atoms with Gasteiger partial charge in [-0.05, 0) is 48.4 Å². The molecule has 0 fully saturated rings. The summed E-state index contributed by atoms with van der Waals surface area (Å²) in [6.45, 7) is 9.63. The monoisotopic (exact) mass is 235 g/mol. The van der Waals surface area contributed by atoms with Gasteiger partial charge in [0.2, 0.25) is 0 Å². The van der Waals surface area contributed by atoms with Crippen molar-refractivity contribution >= 4 is 0 Å². The van der Waals surface area contributed by atoms with Crippen LogP contribution < -0.4 is 10.5 Å². The van der Waals surface area contributed by atoms with Crippen LogP contribution in [-0.4, -0.2) is 13.7 Å². The first kappa shape index (κ1) is 14.0. The van der Waals surface area contributed by atoms with E-state index >= 15 is 0 Å². The number of ether oxygens (including phenoxy) is 1. The fourth-order valence-electron chi connectivity index (χ4n) is 2.38. The van der Waals surface area contributed by atoms with Crippen LogP contribution in [0.2, 0.25) is 0 Å². The highest BCUT2D eigenvalue weighted by molar-refractivity contribution is 5.38. The number of rotatable bonds is 4. The lowest BCUT2D eigenvalue weighted by Gasteiger charge is -2.31. The average molecular weight is 235 g/mol. The minimum Gasteiger partial charge on any atom is -0.496 e. The maximum Gasteiger partial charge on any atom is 0.121 e. The Kier molecular flexibility index (Phi) is 4.58. The van der Waals surface area contributed by atoms with Crippen molar-refractivity contribution in [2.24, 2.45) is 11.1 Å². The topological polar surface area (TPSA) is 35.2 Å². The Hall–Kier alpha value is -1.02. The Morgan fingerprint density at radius 1 is 1.29 bits per heavy atom. The lowest BCUT2D eigenvalue weighted by atomic mass is 9.74. The van der Waals surface area contributed by atoms with Crippen LogP contribution in [0.5, 0.6) is 5.75 Å². The Morgan fingerprint density at radius 2 is 1.94 bits per heavy atom. The highest BCUT2D eigenvalue weighted by Gasteiger charge is 2.25. The zero-order chi connectivity index (χ0) is 13.1. The van der Waals surface area contributed by atoms with E-state index in [9.17, 15) is 0 Å². The van der Waals surface area contributed by atoms with Crippen LogP contribution >= 0.6 is 0 Å². The minimum atomic E-state index is 0.237. The predicted octanol–water partition coefficient (Wildman–Crippen LogP) is 3.48. The summed E-state index contributed by atoms with van der Waals surface area (Å²) >= 11 is 0. The van der Waals surface area contributed by atoms with E-state index in [0.29, 0.717) is 5.92 Å². The highest BCUT2D eigenvalue weighted by Crippen LogP contribution is 2.38. The van der Waals surface area contributed by atoms with Gasteiger partial charge in [0, 0.05) is 0 Å². The molecule has 0 heterocycles. The van der Waals surface area contributed by atoms with Gasteiger partial charge in [-0.1, -0.05) is 32.9 Å². The molecule has 0 aliphatic rings. The summed E-state index contributed by atoms with van der Waals surface area (Å²) in [5, 5.41) is 0. The van der Waals surface area contributed by atoms with E-state index in [4.69, 9.17) is 10.5 Å². The summed E-state index contributed by atoms with van der Waals surface area (Å²) in [6.07, 6.45) is 1.02. The Bertz CT molecular complexity index is 366. The summed E-state index contributed by atoms with van der Waals surface area (Å²) < 4.78 is 5.30. The molecule has 0 aliphatic carbocycles. The van der Waals surface area contributed by atoms with Gasteiger partial charge in [0.15, 0.2) is 0 Å². The second-order valence-electron chi connectivity index (χ2n) is 5.73. The zero-order valence-electron chi connectivity index (χ0n) is 11.7. The highest BCUT2D eigenvalue weighted by atomic mass is 16.5. The number of benzene rings is 1. The van der Waals surface area contributed by atoms with Crippen molar-refractivity contribution in [2.75, 3.05) is 13.7 Å². The number of aryl methyl sites for hydroxylation is 1. The van der Waals surface area contributed by atoms with Crippen LogP contribution in [-0.2, 0) is 0 Å². The number of nitrogens with two attached hydrogens (primary N) is 1. The van der Waals surface area contributed by atoms with Gasteiger partial charge in [-0.25, -0.2) is 0 Å². The molecule has 0 saturated heterocycles. The average Bonchev–Trinajstić information content (AvgIpc) is 2.24. The standard InChI is InChI=1S/C15H25NO/c1-11-10-12(6-7-14(11)17-5)13(8-9-16)15(2,3)4/h6-7,10,13H,8-9,16H2,1-5H3. The predicted molar refractivity (Wildman–Crippen MR) is 73.6 cm³/mol. The molecule has 0 aliphatic heterocycles. The maximum absolute atomic E-state index is 5.73. The third-order valence-corrected chi connectivity index (χ3v) is 3.32. The SMILES string of the molecule is COc1ccc(C(CCN)C(C)(C)C)cc1C. The van der Waals surface area contributed by atoms with Gasteiger partial charge in [0.05, 0.1) is 7.11 Å². The van der Waals surface area contributed by atoms with Crippen molar-refractivity contribution in [1.29, 1.82) is 0 Å². The fourth-order valence-corrected chi connectivity index (χ4v) is 2.38. The second-order valence-corrected chi connectivity index (χ2v) is 5.73. The molecule has 0 spiro atoms. The molecular formula is C15H25NO. The maximum atomic E-state index is 5.73. The van der Waals surface area contributed by atoms with E-state index in [1.807, 2.05) is 0 Å². The normalized spacial score (nSPS) is 13.5. The number of hydrogen-bond acceptors (Lipinski definition) is 2. The molecule has 1 unspecified atom stereocenters. The number of methoxy groups -OCH3 is 1. The summed E-state index contributed by atoms with van der Waals surface area (Å²) in [7, 11) is 1.71. The first-order valence-corrected chi connectivity index (χ1v) is 6.24. The molecule has 2 N–H and O–H groups in total. The molecule has 0 radical (unpaired) electrons. The molecule has 0 amide bonds. The van der Waals surface area contributed by atoms with Crippen molar-refractivity contribution in [3.63, 3.8) is 0 Å². The lowest BCUT2D eigenvalue weighted by molar-refractivity contribution is 0.307. The Morgan fingerprint density at radius 3 is 2.35 bits per heavy atom. The summed E-state index contributed by atoms with van der Waals surface area (Å²) in [5.74, 6) is 1.45. The van der Waals surface area contributed by atoms with Gasteiger partial charge >= 0.3 is 0 Å². The molecule has 17 heavy (non-hydrogen) atoms. The summed E-state index contributed by atoms with van der Waals surface area (Å²) in [4.78, 5) is 0. The van der Waals surface area contributed by atoms with Crippen LogP contribution in [0.3, 0.4) is 0 Å².